The third kappa shape index (κ3) is 8.58. The van der Waals surface area contributed by atoms with Gasteiger partial charge in [-0.2, -0.15) is 0 Å². The number of methoxy groups -OCH3 is 1. The lowest BCUT2D eigenvalue weighted by atomic mass is 10.0. The first-order chi connectivity index (χ1) is 17.1. The molecule has 0 fully saturated rings. The maximum Gasteiger partial charge on any atom is 0.337 e. The number of hydrogen-bond acceptors (Lipinski definition) is 7. The zero-order valence-electron chi connectivity index (χ0n) is 19.7. The molecule has 3 rings (SSSR count). The molecule has 0 amide bonds. The minimum atomic E-state index is -1.48. The van der Waals surface area contributed by atoms with E-state index in [0.717, 1.165) is 16.7 Å². The molecule has 0 spiro atoms. The molecule has 3 aromatic rings. The first-order valence-electron chi connectivity index (χ1n) is 11.4. The standard InChI is InChI=1S/C28H32O7/c1-32-28(31)27(35-19-23-15-9-4-10-16-23)26(34-18-22-13-7-3-8-14-22)25(30)24(29)20-33-17-21-11-5-2-6-12-21/h2-16,24-27,29-30H,17-20H2,1H3/t24-,25-,26+,27-/m1/s1. The van der Waals surface area contributed by atoms with Crippen molar-refractivity contribution in [2.24, 2.45) is 0 Å². The average molecular weight is 481 g/mol. The molecule has 35 heavy (non-hydrogen) atoms. The van der Waals surface area contributed by atoms with Gasteiger partial charge in [-0.15, -0.1) is 0 Å². The van der Waals surface area contributed by atoms with Crippen molar-refractivity contribution in [1.29, 1.82) is 0 Å². The first kappa shape index (κ1) is 26.5. The lowest BCUT2D eigenvalue weighted by molar-refractivity contribution is -0.190. The predicted molar refractivity (Wildman–Crippen MR) is 130 cm³/mol. The van der Waals surface area contributed by atoms with E-state index in [1.54, 1.807) is 0 Å². The van der Waals surface area contributed by atoms with Crippen LogP contribution in [0.2, 0.25) is 0 Å². The summed E-state index contributed by atoms with van der Waals surface area (Å²) in [4.78, 5) is 12.7. The fourth-order valence-electron chi connectivity index (χ4n) is 3.49. The van der Waals surface area contributed by atoms with Crippen LogP contribution in [0.25, 0.3) is 0 Å². The van der Waals surface area contributed by atoms with Crippen molar-refractivity contribution in [3.63, 3.8) is 0 Å². The van der Waals surface area contributed by atoms with Crippen LogP contribution in [0.15, 0.2) is 91.0 Å². The summed E-state index contributed by atoms with van der Waals surface area (Å²) in [5.41, 5.74) is 2.61. The van der Waals surface area contributed by atoms with Gasteiger partial charge in [0.2, 0.25) is 0 Å². The molecule has 2 N–H and O–H groups in total. The van der Waals surface area contributed by atoms with E-state index in [-0.39, 0.29) is 26.4 Å². The van der Waals surface area contributed by atoms with E-state index in [2.05, 4.69) is 0 Å². The monoisotopic (exact) mass is 480 g/mol. The highest BCUT2D eigenvalue weighted by Crippen LogP contribution is 2.19. The summed E-state index contributed by atoms with van der Waals surface area (Å²) in [5, 5.41) is 21.7. The molecule has 0 aromatic heterocycles. The van der Waals surface area contributed by atoms with Crippen molar-refractivity contribution in [2.75, 3.05) is 13.7 Å². The zero-order chi connectivity index (χ0) is 24.9. The summed E-state index contributed by atoms with van der Waals surface area (Å²) in [7, 11) is 1.24. The first-order valence-corrected chi connectivity index (χ1v) is 11.4. The van der Waals surface area contributed by atoms with Gasteiger partial charge < -0.3 is 29.2 Å². The number of ether oxygens (including phenoxy) is 4. The zero-order valence-corrected chi connectivity index (χ0v) is 19.7. The lowest BCUT2D eigenvalue weighted by Crippen LogP contribution is -2.51. The summed E-state index contributed by atoms with van der Waals surface area (Å²) < 4.78 is 22.3. The van der Waals surface area contributed by atoms with Crippen LogP contribution in [0.3, 0.4) is 0 Å². The Labute approximate surface area is 205 Å². The van der Waals surface area contributed by atoms with Gasteiger partial charge in [0.25, 0.3) is 0 Å². The Morgan fingerprint density at radius 3 is 1.66 bits per heavy atom. The summed E-state index contributed by atoms with van der Waals surface area (Å²) >= 11 is 0. The van der Waals surface area contributed by atoms with Gasteiger partial charge in [-0.05, 0) is 16.7 Å². The molecule has 186 valence electrons. The van der Waals surface area contributed by atoms with E-state index in [9.17, 15) is 15.0 Å². The third-order valence-electron chi connectivity index (χ3n) is 5.42. The van der Waals surface area contributed by atoms with Crippen molar-refractivity contribution >= 4 is 5.97 Å². The van der Waals surface area contributed by atoms with Gasteiger partial charge in [0.1, 0.15) is 18.3 Å². The van der Waals surface area contributed by atoms with Crippen LogP contribution in [-0.2, 0) is 43.6 Å². The second kappa shape index (κ2) is 14.4. The number of benzene rings is 3. The number of hydrogen-bond donors (Lipinski definition) is 2. The summed E-state index contributed by atoms with van der Waals surface area (Å²) in [6.45, 7) is 0.306. The maximum absolute atomic E-state index is 12.7. The molecular weight excluding hydrogens is 448 g/mol. The molecule has 0 saturated carbocycles. The van der Waals surface area contributed by atoms with Crippen molar-refractivity contribution in [3.05, 3.63) is 108 Å². The number of aliphatic hydroxyl groups excluding tert-OH is 2. The number of carbonyl (C=O) groups excluding carboxylic acids is 1. The number of esters is 1. The molecule has 0 heterocycles. The van der Waals surface area contributed by atoms with Gasteiger partial charge in [0.15, 0.2) is 6.10 Å². The van der Waals surface area contributed by atoms with Crippen molar-refractivity contribution in [3.8, 4) is 0 Å². The molecule has 0 radical (unpaired) electrons. The maximum atomic E-state index is 12.7. The van der Waals surface area contributed by atoms with Gasteiger partial charge >= 0.3 is 5.97 Å². The fourth-order valence-corrected chi connectivity index (χ4v) is 3.49. The van der Waals surface area contributed by atoms with Crippen molar-refractivity contribution in [1.82, 2.24) is 0 Å². The molecule has 0 aliphatic carbocycles. The van der Waals surface area contributed by atoms with Gasteiger partial charge in [0.05, 0.1) is 33.5 Å². The molecule has 0 saturated heterocycles. The molecule has 4 atom stereocenters. The summed E-state index contributed by atoms with van der Waals surface area (Å²) in [6.07, 6.45) is -5.29. The topological polar surface area (TPSA) is 94.5 Å². The average Bonchev–Trinajstić information content (AvgIpc) is 2.91. The van der Waals surface area contributed by atoms with Gasteiger partial charge in [-0.1, -0.05) is 91.0 Å². The number of rotatable bonds is 14. The summed E-state index contributed by atoms with van der Waals surface area (Å²) in [6, 6.07) is 28.1. The van der Waals surface area contributed by atoms with E-state index < -0.39 is 30.4 Å². The highest BCUT2D eigenvalue weighted by molar-refractivity contribution is 5.75. The predicted octanol–water partition coefficient (Wildman–Crippen LogP) is 3.27. The van der Waals surface area contributed by atoms with E-state index in [1.165, 1.54) is 7.11 Å². The third-order valence-corrected chi connectivity index (χ3v) is 5.42. The Balaban J connectivity index is 1.71. The van der Waals surface area contributed by atoms with E-state index in [0.29, 0.717) is 0 Å². The Morgan fingerprint density at radius 1 is 0.714 bits per heavy atom. The lowest BCUT2D eigenvalue weighted by Gasteiger charge is -2.31. The van der Waals surface area contributed by atoms with Crippen LogP contribution in [0.4, 0.5) is 0 Å². The quantitative estimate of drug-likeness (QED) is 0.342. The smallest absolute Gasteiger partial charge is 0.337 e. The van der Waals surface area contributed by atoms with Gasteiger partial charge in [-0.25, -0.2) is 4.79 Å². The highest BCUT2D eigenvalue weighted by Gasteiger charge is 2.39. The SMILES string of the molecule is COC(=O)[C@H](OCc1ccccc1)[C@@H](OCc1ccccc1)[C@H](O)[C@H](O)COCc1ccccc1. The molecular formula is C28H32O7. The van der Waals surface area contributed by atoms with Crippen LogP contribution in [-0.4, -0.2) is 54.3 Å². The summed E-state index contributed by atoms with van der Waals surface area (Å²) in [5.74, 6) is -0.713. The fraction of sp³-hybridized carbons (Fsp3) is 0.321. The Morgan fingerprint density at radius 2 is 1.17 bits per heavy atom. The van der Waals surface area contributed by atoms with E-state index in [1.807, 2.05) is 91.0 Å². The molecule has 0 aliphatic rings. The highest BCUT2D eigenvalue weighted by atomic mass is 16.6. The normalized spacial score (nSPS) is 14.6. The van der Waals surface area contributed by atoms with Crippen LogP contribution in [0.5, 0.6) is 0 Å². The molecule has 7 heteroatoms. The van der Waals surface area contributed by atoms with Crippen LogP contribution < -0.4 is 0 Å². The second-order valence-electron chi connectivity index (χ2n) is 8.06. The number of aliphatic hydroxyl groups is 2. The van der Waals surface area contributed by atoms with E-state index in [4.69, 9.17) is 18.9 Å². The second-order valence-corrected chi connectivity index (χ2v) is 8.06. The van der Waals surface area contributed by atoms with Crippen LogP contribution in [0, 0.1) is 0 Å². The van der Waals surface area contributed by atoms with E-state index >= 15 is 0 Å². The minimum Gasteiger partial charge on any atom is -0.467 e. The van der Waals surface area contributed by atoms with Crippen molar-refractivity contribution < 1.29 is 34.0 Å². The van der Waals surface area contributed by atoms with Crippen LogP contribution in [0.1, 0.15) is 16.7 Å². The Kier molecular flexibility index (Phi) is 10.9. The van der Waals surface area contributed by atoms with Gasteiger partial charge in [0, 0.05) is 0 Å². The number of carbonyl (C=O) groups is 1. The Bertz CT molecular complexity index is 982. The Hall–Kier alpha value is -3.07. The largest absolute Gasteiger partial charge is 0.467 e. The molecule has 0 unspecified atom stereocenters. The minimum absolute atomic E-state index is 0.0964. The molecule has 0 aliphatic heterocycles. The van der Waals surface area contributed by atoms with Crippen molar-refractivity contribution in [2.45, 2.75) is 44.2 Å². The molecule has 0 bridgehead atoms. The molecule has 3 aromatic carbocycles. The van der Waals surface area contributed by atoms with Gasteiger partial charge in [-0.3, -0.25) is 0 Å². The molecule has 7 nitrogen and oxygen atoms in total. The van der Waals surface area contributed by atoms with Crippen LogP contribution >= 0.6 is 0 Å².